The molecule has 1 fully saturated rings. The molecule has 0 radical (unpaired) electrons. The molecule has 1 aliphatic carbocycles. The molecule has 0 unspecified atom stereocenters. The van der Waals surface area contributed by atoms with E-state index in [1.165, 1.54) is 0 Å². The maximum atomic E-state index is 11.8. The first kappa shape index (κ1) is 17.8. The minimum atomic E-state index is -0.780. The molecular weight excluding hydrogens is 270 g/mol. The van der Waals surface area contributed by atoms with Gasteiger partial charge in [-0.15, -0.1) is 0 Å². The highest BCUT2D eigenvalue weighted by molar-refractivity contribution is 5.78. The molecule has 122 valence electrons. The summed E-state index contributed by atoms with van der Waals surface area (Å²) in [5.41, 5.74) is -0.780. The van der Waals surface area contributed by atoms with Crippen molar-refractivity contribution in [3.63, 3.8) is 0 Å². The van der Waals surface area contributed by atoms with Crippen LogP contribution in [0.25, 0.3) is 0 Å². The maximum Gasteiger partial charge on any atom is 0.314 e. The van der Waals surface area contributed by atoms with Crippen LogP contribution in [0, 0.1) is 5.41 Å². The summed E-state index contributed by atoms with van der Waals surface area (Å²) in [6.07, 6.45) is 6.23. The van der Waals surface area contributed by atoms with Gasteiger partial charge in [0.15, 0.2) is 0 Å². The lowest BCUT2D eigenvalue weighted by Gasteiger charge is -2.28. The second-order valence-electron chi connectivity index (χ2n) is 6.27. The van der Waals surface area contributed by atoms with E-state index >= 15 is 0 Å². The SMILES string of the molecule is CN(C)CCCNC(=O)NCC1(C(=O)O)CCCCCC1. The van der Waals surface area contributed by atoms with Crippen LogP contribution in [0.1, 0.15) is 44.9 Å². The third kappa shape index (κ3) is 6.33. The monoisotopic (exact) mass is 299 g/mol. The number of nitrogens with zero attached hydrogens (tertiary/aromatic N) is 1. The van der Waals surface area contributed by atoms with Gasteiger partial charge in [-0.25, -0.2) is 4.79 Å². The van der Waals surface area contributed by atoms with Crippen molar-refractivity contribution in [3.05, 3.63) is 0 Å². The molecule has 1 rings (SSSR count). The Morgan fingerprint density at radius 2 is 1.71 bits per heavy atom. The summed E-state index contributed by atoms with van der Waals surface area (Å²) in [5.74, 6) is -0.780. The van der Waals surface area contributed by atoms with Crippen molar-refractivity contribution in [2.75, 3.05) is 33.7 Å². The zero-order chi connectivity index (χ0) is 15.7. The molecule has 0 aromatic carbocycles. The number of carboxylic acids is 1. The van der Waals surface area contributed by atoms with E-state index in [1.54, 1.807) is 0 Å². The summed E-state index contributed by atoms with van der Waals surface area (Å²) in [4.78, 5) is 25.4. The zero-order valence-corrected chi connectivity index (χ0v) is 13.3. The molecule has 21 heavy (non-hydrogen) atoms. The normalized spacial score (nSPS) is 18.0. The number of carboxylic acid groups (broad SMARTS) is 1. The van der Waals surface area contributed by atoms with Gasteiger partial charge in [0, 0.05) is 13.1 Å². The summed E-state index contributed by atoms with van der Waals surface area (Å²) < 4.78 is 0. The number of rotatable bonds is 7. The van der Waals surface area contributed by atoms with Gasteiger partial charge >= 0.3 is 12.0 Å². The van der Waals surface area contributed by atoms with Gasteiger partial charge < -0.3 is 20.6 Å². The highest BCUT2D eigenvalue weighted by Gasteiger charge is 2.38. The van der Waals surface area contributed by atoms with Crippen LogP contribution in [0.3, 0.4) is 0 Å². The van der Waals surface area contributed by atoms with E-state index in [0.717, 1.165) is 38.6 Å². The molecule has 0 spiro atoms. The summed E-state index contributed by atoms with van der Waals surface area (Å²) >= 11 is 0. The Kier molecular flexibility index (Phi) is 7.50. The number of carbonyl (C=O) groups is 2. The number of aliphatic carboxylic acids is 1. The van der Waals surface area contributed by atoms with Crippen LogP contribution < -0.4 is 10.6 Å². The predicted molar refractivity (Wildman–Crippen MR) is 82.3 cm³/mol. The van der Waals surface area contributed by atoms with Crippen molar-refractivity contribution in [1.82, 2.24) is 15.5 Å². The molecule has 0 aliphatic heterocycles. The van der Waals surface area contributed by atoms with Crippen LogP contribution >= 0.6 is 0 Å². The van der Waals surface area contributed by atoms with Crippen LogP contribution in [0.5, 0.6) is 0 Å². The maximum absolute atomic E-state index is 11.8. The topological polar surface area (TPSA) is 81.7 Å². The first-order chi connectivity index (χ1) is 9.96. The van der Waals surface area contributed by atoms with Crippen molar-refractivity contribution in [1.29, 1.82) is 0 Å². The number of hydrogen-bond acceptors (Lipinski definition) is 3. The molecule has 3 N–H and O–H groups in total. The van der Waals surface area contributed by atoms with Gasteiger partial charge in [0.05, 0.1) is 5.41 Å². The van der Waals surface area contributed by atoms with Crippen molar-refractivity contribution in [3.8, 4) is 0 Å². The Morgan fingerprint density at radius 1 is 1.10 bits per heavy atom. The van der Waals surface area contributed by atoms with E-state index in [2.05, 4.69) is 15.5 Å². The van der Waals surface area contributed by atoms with Crippen LogP contribution in [-0.2, 0) is 4.79 Å². The Hall–Kier alpha value is -1.30. The highest BCUT2D eigenvalue weighted by atomic mass is 16.4. The summed E-state index contributed by atoms with van der Waals surface area (Å²) in [6, 6.07) is -0.265. The van der Waals surface area contributed by atoms with Gasteiger partial charge in [-0.05, 0) is 39.9 Å². The smallest absolute Gasteiger partial charge is 0.314 e. The van der Waals surface area contributed by atoms with Gasteiger partial charge in [-0.3, -0.25) is 4.79 Å². The molecule has 6 nitrogen and oxygen atoms in total. The average molecular weight is 299 g/mol. The third-order valence-electron chi connectivity index (χ3n) is 4.17. The number of nitrogens with one attached hydrogen (secondary N) is 2. The van der Waals surface area contributed by atoms with E-state index in [9.17, 15) is 14.7 Å². The lowest BCUT2D eigenvalue weighted by molar-refractivity contribution is -0.149. The lowest BCUT2D eigenvalue weighted by atomic mass is 9.80. The number of carbonyl (C=O) groups excluding carboxylic acids is 1. The van der Waals surface area contributed by atoms with E-state index in [-0.39, 0.29) is 12.6 Å². The van der Waals surface area contributed by atoms with E-state index in [1.807, 2.05) is 14.1 Å². The van der Waals surface area contributed by atoms with E-state index < -0.39 is 11.4 Å². The van der Waals surface area contributed by atoms with Gasteiger partial charge in [0.1, 0.15) is 0 Å². The number of amides is 2. The van der Waals surface area contributed by atoms with Crippen LogP contribution in [0.15, 0.2) is 0 Å². The minimum Gasteiger partial charge on any atom is -0.481 e. The van der Waals surface area contributed by atoms with Crippen LogP contribution in [0.2, 0.25) is 0 Å². The minimum absolute atomic E-state index is 0.224. The average Bonchev–Trinajstić information content (AvgIpc) is 2.67. The first-order valence-electron chi connectivity index (χ1n) is 7.86. The van der Waals surface area contributed by atoms with Crippen LogP contribution in [0.4, 0.5) is 4.79 Å². The molecule has 0 atom stereocenters. The molecule has 0 heterocycles. The molecule has 0 bridgehead atoms. The molecule has 1 saturated carbocycles. The van der Waals surface area contributed by atoms with Crippen LogP contribution in [-0.4, -0.2) is 55.7 Å². The second kappa shape index (κ2) is 8.87. The third-order valence-corrected chi connectivity index (χ3v) is 4.17. The number of urea groups is 1. The van der Waals surface area contributed by atoms with E-state index in [4.69, 9.17) is 0 Å². The van der Waals surface area contributed by atoms with Gasteiger partial charge in [0.2, 0.25) is 0 Å². The van der Waals surface area contributed by atoms with Crippen molar-refractivity contribution >= 4 is 12.0 Å². The van der Waals surface area contributed by atoms with Crippen molar-refractivity contribution in [2.45, 2.75) is 44.9 Å². The summed E-state index contributed by atoms with van der Waals surface area (Å²) in [7, 11) is 3.98. The summed E-state index contributed by atoms with van der Waals surface area (Å²) in [6.45, 7) is 1.74. The molecule has 6 heteroatoms. The number of hydrogen-bond donors (Lipinski definition) is 3. The molecule has 2 amide bonds. The Balaban J connectivity index is 2.35. The first-order valence-corrected chi connectivity index (χ1v) is 7.86. The van der Waals surface area contributed by atoms with E-state index in [0.29, 0.717) is 19.4 Å². The largest absolute Gasteiger partial charge is 0.481 e. The quantitative estimate of drug-likeness (QED) is 0.493. The zero-order valence-electron chi connectivity index (χ0n) is 13.3. The Bertz CT molecular complexity index is 337. The summed E-state index contributed by atoms with van der Waals surface area (Å²) in [5, 5.41) is 15.1. The molecule has 0 aromatic rings. The Morgan fingerprint density at radius 3 is 2.24 bits per heavy atom. The fourth-order valence-corrected chi connectivity index (χ4v) is 2.78. The Labute approximate surface area is 127 Å². The molecular formula is C15H29N3O3. The highest BCUT2D eigenvalue weighted by Crippen LogP contribution is 2.34. The van der Waals surface area contributed by atoms with Crippen molar-refractivity contribution in [2.24, 2.45) is 5.41 Å². The second-order valence-corrected chi connectivity index (χ2v) is 6.27. The fourth-order valence-electron chi connectivity index (χ4n) is 2.78. The van der Waals surface area contributed by atoms with Crippen molar-refractivity contribution < 1.29 is 14.7 Å². The molecule has 0 saturated heterocycles. The molecule has 0 aromatic heterocycles. The predicted octanol–water partition coefficient (Wildman–Crippen LogP) is 1.66. The van der Waals surface area contributed by atoms with Gasteiger partial charge in [-0.1, -0.05) is 25.7 Å². The van der Waals surface area contributed by atoms with Gasteiger partial charge in [0.25, 0.3) is 0 Å². The standard InChI is InChI=1S/C15H29N3O3/c1-18(2)11-7-10-16-14(21)17-12-15(13(19)20)8-5-3-4-6-9-15/h3-12H2,1-2H3,(H,19,20)(H2,16,17,21). The van der Waals surface area contributed by atoms with Gasteiger partial charge in [-0.2, -0.15) is 0 Å². The fraction of sp³-hybridized carbons (Fsp3) is 0.867. The lowest BCUT2D eigenvalue weighted by Crippen LogP contribution is -2.46. The molecule has 1 aliphatic rings.